The number of benzene rings is 3. The molecular formula is C27H22FN5O. The summed E-state index contributed by atoms with van der Waals surface area (Å²) in [5.74, 6) is 1.68. The largest absolute Gasteiger partial charge is 0.366 e. The number of nitrogens with zero attached hydrogens (tertiary/aromatic N) is 5. The Morgan fingerprint density at radius 2 is 1.44 bits per heavy atom. The molecule has 0 aliphatic carbocycles. The van der Waals surface area contributed by atoms with Gasteiger partial charge in [-0.25, -0.2) is 9.37 Å². The molecule has 3 heterocycles. The first kappa shape index (κ1) is 20.4. The van der Waals surface area contributed by atoms with Crippen LogP contribution in [-0.2, 0) is 0 Å². The number of hydrogen-bond acceptors (Lipinski definition) is 6. The van der Waals surface area contributed by atoms with Crippen molar-refractivity contribution in [2.45, 2.75) is 0 Å². The van der Waals surface area contributed by atoms with E-state index in [-0.39, 0.29) is 5.82 Å². The van der Waals surface area contributed by atoms with Crippen molar-refractivity contribution in [2.75, 3.05) is 36.0 Å². The minimum atomic E-state index is -0.187. The maximum absolute atomic E-state index is 14.2. The lowest BCUT2D eigenvalue weighted by molar-refractivity contribution is 0.432. The number of halogens is 1. The molecule has 0 saturated carbocycles. The van der Waals surface area contributed by atoms with E-state index in [1.54, 1.807) is 6.07 Å². The van der Waals surface area contributed by atoms with Crippen molar-refractivity contribution in [3.05, 3.63) is 90.7 Å². The third kappa shape index (κ3) is 3.75. The minimum absolute atomic E-state index is 0.187. The number of aromatic nitrogens is 3. The van der Waals surface area contributed by atoms with Crippen LogP contribution in [0, 0.1) is 5.82 Å². The highest BCUT2D eigenvalue weighted by Gasteiger charge is 2.22. The van der Waals surface area contributed by atoms with Crippen LogP contribution in [0.25, 0.3) is 33.7 Å². The molecule has 0 bridgehead atoms. The average molecular weight is 452 g/mol. The first-order chi connectivity index (χ1) is 16.8. The molecule has 6 rings (SSSR count). The summed E-state index contributed by atoms with van der Waals surface area (Å²) < 4.78 is 19.9. The normalized spacial score (nSPS) is 14.0. The second-order valence-electron chi connectivity index (χ2n) is 8.26. The highest BCUT2D eigenvalue weighted by atomic mass is 19.1. The van der Waals surface area contributed by atoms with Gasteiger partial charge in [-0.05, 0) is 24.3 Å². The topological polar surface area (TPSA) is 58.3 Å². The summed E-state index contributed by atoms with van der Waals surface area (Å²) in [7, 11) is 0. The van der Waals surface area contributed by atoms with Gasteiger partial charge in [0.05, 0.1) is 16.8 Å². The van der Waals surface area contributed by atoms with Crippen LogP contribution in [0.4, 0.5) is 15.9 Å². The smallest absolute Gasteiger partial charge is 0.259 e. The van der Waals surface area contributed by atoms with Gasteiger partial charge in [0.15, 0.2) is 0 Å². The van der Waals surface area contributed by atoms with Gasteiger partial charge in [-0.15, -0.1) is 0 Å². The Balaban J connectivity index is 1.32. The summed E-state index contributed by atoms with van der Waals surface area (Å²) in [5, 5.41) is 5.16. The molecule has 0 amide bonds. The predicted molar refractivity (Wildman–Crippen MR) is 131 cm³/mol. The van der Waals surface area contributed by atoms with E-state index in [9.17, 15) is 4.39 Å². The SMILES string of the molecule is Fc1ccccc1N1CCN(c2cc(-c3nc(-c4ccccc4)no3)c3ccccc3n2)CC1. The van der Waals surface area contributed by atoms with Crippen molar-refractivity contribution >= 4 is 22.4 Å². The summed E-state index contributed by atoms with van der Waals surface area (Å²) in [6, 6.07) is 26.7. The maximum Gasteiger partial charge on any atom is 0.259 e. The molecule has 3 aromatic carbocycles. The van der Waals surface area contributed by atoms with E-state index in [1.165, 1.54) is 6.07 Å². The molecule has 0 spiro atoms. The zero-order valence-corrected chi connectivity index (χ0v) is 18.4. The lowest BCUT2D eigenvalue weighted by Gasteiger charge is -2.37. The van der Waals surface area contributed by atoms with Crippen molar-refractivity contribution in [2.24, 2.45) is 0 Å². The average Bonchev–Trinajstić information content (AvgIpc) is 3.39. The molecular weight excluding hydrogens is 429 g/mol. The highest BCUT2D eigenvalue weighted by Crippen LogP contribution is 2.32. The molecule has 1 fully saturated rings. The molecule has 1 saturated heterocycles. The molecule has 168 valence electrons. The van der Waals surface area contributed by atoms with Crippen LogP contribution in [0.2, 0.25) is 0 Å². The van der Waals surface area contributed by atoms with Crippen molar-refractivity contribution in [3.63, 3.8) is 0 Å². The molecule has 0 N–H and O–H groups in total. The van der Waals surface area contributed by atoms with Gasteiger partial charge >= 0.3 is 0 Å². The van der Waals surface area contributed by atoms with E-state index in [1.807, 2.05) is 72.8 Å². The number of piperazine rings is 1. The molecule has 1 aliphatic heterocycles. The second-order valence-corrected chi connectivity index (χ2v) is 8.26. The zero-order valence-electron chi connectivity index (χ0n) is 18.4. The zero-order chi connectivity index (χ0) is 22.9. The van der Waals surface area contributed by atoms with Gasteiger partial charge in [0.1, 0.15) is 11.6 Å². The molecule has 0 atom stereocenters. The third-order valence-corrected chi connectivity index (χ3v) is 6.19. The number of para-hydroxylation sites is 2. The van der Waals surface area contributed by atoms with Gasteiger partial charge in [-0.1, -0.05) is 65.8 Å². The summed E-state index contributed by atoms with van der Waals surface area (Å²) >= 11 is 0. The van der Waals surface area contributed by atoms with Gasteiger partial charge in [0.2, 0.25) is 5.82 Å². The molecule has 0 unspecified atom stereocenters. The molecule has 1 aliphatic rings. The summed E-state index contributed by atoms with van der Waals surface area (Å²) in [4.78, 5) is 13.9. The maximum atomic E-state index is 14.2. The fourth-order valence-electron chi connectivity index (χ4n) is 4.42. The molecule has 2 aromatic heterocycles. The number of rotatable bonds is 4. The van der Waals surface area contributed by atoms with Crippen molar-refractivity contribution < 1.29 is 8.91 Å². The van der Waals surface area contributed by atoms with E-state index < -0.39 is 0 Å². The standard InChI is InChI=1S/C27H22FN5O/c28-22-11-5-7-13-24(22)32-14-16-33(17-15-32)25-18-21(20-10-4-6-12-23(20)29-25)27-30-26(31-34-27)19-8-2-1-3-9-19/h1-13,18H,14-17H2. The third-order valence-electron chi connectivity index (χ3n) is 6.19. The number of pyridine rings is 1. The van der Waals surface area contributed by atoms with Crippen LogP contribution in [0.5, 0.6) is 0 Å². The van der Waals surface area contributed by atoms with Gasteiger partial charge in [-0.2, -0.15) is 4.98 Å². The van der Waals surface area contributed by atoms with Gasteiger partial charge in [-0.3, -0.25) is 0 Å². The first-order valence-corrected chi connectivity index (χ1v) is 11.3. The Morgan fingerprint density at radius 1 is 0.735 bits per heavy atom. The quantitative estimate of drug-likeness (QED) is 0.364. The molecule has 0 radical (unpaired) electrons. The van der Waals surface area contributed by atoms with Crippen molar-refractivity contribution in [3.8, 4) is 22.8 Å². The fourth-order valence-corrected chi connectivity index (χ4v) is 4.42. The lowest BCUT2D eigenvalue weighted by Crippen LogP contribution is -2.47. The Labute approximate surface area is 196 Å². The second kappa shape index (κ2) is 8.59. The van der Waals surface area contributed by atoms with E-state index in [4.69, 9.17) is 9.51 Å². The van der Waals surface area contributed by atoms with Crippen molar-refractivity contribution in [1.82, 2.24) is 15.1 Å². The first-order valence-electron chi connectivity index (χ1n) is 11.3. The molecule has 5 aromatic rings. The number of fused-ring (bicyclic) bond motifs is 1. The van der Waals surface area contributed by atoms with E-state index >= 15 is 0 Å². The highest BCUT2D eigenvalue weighted by molar-refractivity contribution is 5.94. The van der Waals surface area contributed by atoms with Gasteiger partial charge in [0, 0.05) is 37.1 Å². The number of hydrogen-bond donors (Lipinski definition) is 0. The van der Waals surface area contributed by atoms with Crippen LogP contribution in [0.3, 0.4) is 0 Å². The Morgan fingerprint density at radius 3 is 2.26 bits per heavy atom. The molecule has 34 heavy (non-hydrogen) atoms. The lowest BCUT2D eigenvalue weighted by atomic mass is 10.1. The van der Waals surface area contributed by atoms with Crippen LogP contribution in [0.1, 0.15) is 0 Å². The Hall–Kier alpha value is -4.26. The van der Waals surface area contributed by atoms with E-state index in [2.05, 4.69) is 19.9 Å². The summed E-state index contributed by atoms with van der Waals surface area (Å²) in [6.07, 6.45) is 0. The van der Waals surface area contributed by atoms with Crippen LogP contribution in [0.15, 0.2) is 89.5 Å². The van der Waals surface area contributed by atoms with E-state index in [0.717, 1.165) is 40.9 Å². The predicted octanol–water partition coefficient (Wildman–Crippen LogP) is 5.42. The summed E-state index contributed by atoms with van der Waals surface area (Å²) in [5.41, 5.74) is 3.27. The van der Waals surface area contributed by atoms with Crippen LogP contribution < -0.4 is 9.80 Å². The van der Waals surface area contributed by atoms with Gasteiger partial charge in [0.25, 0.3) is 5.89 Å². The van der Waals surface area contributed by atoms with Crippen LogP contribution >= 0.6 is 0 Å². The minimum Gasteiger partial charge on any atom is -0.366 e. The van der Waals surface area contributed by atoms with E-state index in [0.29, 0.717) is 30.5 Å². The monoisotopic (exact) mass is 451 g/mol. The van der Waals surface area contributed by atoms with Gasteiger partial charge < -0.3 is 14.3 Å². The Bertz CT molecular complexity index is 1440. The fraction of sp³-hybridized carbons (Fsp3) is 0.148. The number of anilines is 2. The molecule has 7 heteroatoms. The van der Waals surface area contributed by atoms with Crippen LogP contribution in [-0.4, -0.2) is 41.3 Å². The summed E-state index contributed by atoms with van der Waals surface area (Å²) in [6.45, 7) is 2.89. The van der Waals surface area contributed by atoms with Crippen molar-refractivity contribution in [1.29, 1.82) is 0 Å². The Kier molecular flexibility index (Phi) is 5.14. The molecule has 6 nitrogen and oxygen atoms in total.